The van der Waals surface area contributed by atoms with E-state index in [2.05, 4.69) is 10.4 Å². The van der Waals surface area contributed by atoms with Crippen LogP contribution in [0.5, 0.6) is 0 Å². The first-order valence-corrected chi connectivity index (χ1v) is 8.39. The lowest BCUT2D eigenvalue weighted by Crippen LogP contribution is -2.42. The highest BCUT2D eigenvalue weighted by molar-refractivity contribution is 5.73. The molecule has 0 bridgehead atoms. The zero-order valence-corrected chi connectivity index (χ0v) is 13.9. The Morgan fingerprint density at radius 1 is 1.42 bits per heavy atom. The van der Waals surface area contributed by atoms with Crippen molar-refractivity contribution in [2.24, 2.45) is 5.92 Å². The third-order valence-corrected chi connectivity index (χ3v) is 4.37. The number of carbonyl (C=O) groups is 1. The first kappa shape index (κ1) is 16.5. The topological polar surface area (TPSA) is 70.4 Å². The molecule has 2 amide bonds. The van der Waals surface area contributed by atoms with Gasteiger partial charge in [0.05, 0.1) is 11.8 Å². The Bertz CT molecular complexity index is 650. The molecule has 1 atom stereocenters. The smallest absolute Gasteiger partial charge is 0.317 e. The number of likely N-dealkylation sites (N-methyl/N-ethyl adjacent to an activating group) is 1. The third kappa shape index (κ3) is 4.35. The number of amides is 2. The van der Waals surface area contributed by atoms with Crippen molar-refractivity contribution in [1.29, 1.82) is 0 Å². The van der Waals surface area contributed by atoms with Gasteiger partial charge in [0.1, 0.15) is 0 Å². The third-order valence-electron chi connectivity index (χ3n) is 4.37. The van der Waals surface area contributed by atoms with E-state index in [9.17, 15) is 9.90 Å². The van der Waals surface area contributed by atoms with E-state index in [4.69, 9.17) is 0 Å². The molecule has 0 saturated heterocycles. The molecule has 24 heavy (non-hydrogen) atoms. The second-order valence-corrected chi connectivity index (χ2v) is 6.38. The fraction of sp³-hybridized carbons (Fsp3) is 0.444. The number of carbonyl (C=O) groups excluding carboxylic acids is 1. The summed E-state index contributed by atoms with van der Waals surface area (Å²) in [4.78, 5) is 13.6. The van der Waals surface area contributed by atoms with E-state index in [-0.39, 0.29) is 6.03 Å². The van der Waals surface area contributed by atoms with Crippen molar-refractivity contribution in [2.75, 3.05) is 20.1 Å². The van der Waals surface area contributed by atoms with Gasteiger partial charge in [0, 0.05) is 32.5 Å². The zero-order chi connectivity index (χ0) is 16.9. The van der Waals surface area contributed by atoms with Gasteiger partial charge in [-0.2, -0.15) is 5.10 Å². The van der Waals surface area contributed by atoms with Crippen molar-refractivity contribution < 1.29 is 9.90 Å². The molecule has 3 rings (SSSR count). The van der Waals surface area contributed by atoms with E-state index in [0.29, 0.717) is 19.0 Å². The summed E-state index contributed by atoms with van der Waals surface area (Å²) in [5.41, 5.74) is 2.17. The van der Waals surface area contributed by atoms with Crippen molar-refractivity contribution >= 4 is 6.03 Å². The summed E-state index contributed by atoms with van der Waals surface area (Å²) < 4.78 is 1.81. The molecular weight excluding hydrogens is 304 g/mol. The average Bonchev–Trinajstić information content (AvgIpc) is 3.30. The lowest BCUT2D eigenvalue weighted by atomic mass is 10.1. The summed E-state index contributed by atoms with van der Waals surface area (Å²) in [7, 11) is 1.72. The number of rotatable bonds is 7. The number of nitrogens with zero attached hydrogens (tertiary/aromatic N) is 3. The first-order valence-electron chi connectivity index (χ1n) is 8.39. The summed E-state index contributed by atoms with van der Waals surface area (Å²) in [6.45, 7) is 0.971. The molecule has 6 nitrogen and oxygen atoms in total. The van der Waals surface area contributed by atoms with Crippen molar-refractivity contribution in [1.82, 2.24) is 20.0 Å². The molecule has 0 aliphatic heterocycles. The Hall–Kier alpha value is -2.34. The average molecular weight is 328 g/mol. The number of benzene rings is 1. The largest absolute Gasteiger partial charge is 0.391 e. The van der Waals surface area contributed by atoms with Crippen LogP contribution in [0.1, 0.15) is 18.4 Å². The summed E-state index contributed by atoms with van der Waals surface area (Å²) in [5, 5.41) is 17.0. The van der Waals surface area contributed by atoms with Crippen LogP contribution in [0, 0.1) is 5.92 Å². The van der Waals surface area contributed by atoms with Gasteiger partial charge in [0.15, 0.2) is 0 Å². The van der Waals surface area contributed by atoms with Crippen LogP contribution < -0.4 is 5.32 Å². The molecule has 6 heteroatoms. The highest BCUT2D eigenvalue weighted by atomic mass is 16.3. The van der Waals surface area contributed by atoms with E-state index in [0.717, 1.165) is 30.5 Å². The molecule has 1 aliphatic rings. The van der Waals surface area contributed by atoms with Crippen LogP contribution in [0.25, 0.3) is 5.69 Å². The van der Waals surface area contributed by atoms with Crippen LogP contribution in [0.15, 0.2) is 42.7 Å². The van der Waals surface area contributed by atoms with Crippen molar-refractivity contribution in [3.63, 3.8) is 0 Å². The second kappa shape index (κ2) is 7.49. The van der Waals surface area contributed by atoms with E-state index >= 15 is 0 Å². The highest BCUT2D eigenvalue weighted by Crippen LogP contribution is 2.32. The number of urea groups is 1. The molecule has 2 aromatic rings. The maximum atomic E-state index is 12.0. The minimum absolute atomic E-state index is 0.136. The van der Waals surface area contributed by atoms with Crippen LogP contribution in [-0.2, 0) is 6.42 Å². The monoisotopic (exact) mass is 328 g/mol. The van der Waals surface area contributed by atoms with Crippen molar-refractivity contribution in [3.05, 3.63) is 48.3 Å². The van der Waals surface area contributed by atoms with Gasteiger partial charge in [0.25, 0.3) is 0 Å². The molecule has 1 unspecified atom stereocenters. The predicted octanol–water partition coefficient (Wildman–Crippen LogP) is 1.83. The summed E-state index contributed by atoms with van der Waals surface area (Å²) in [6, 6.07) is 9.88. The fourth-order valence-corrected chi connectivity index (χ4v) is 2.68. The number of aromatic nitrogens is 2. The molecule has 1 aliphatic carbocycles. The molecule has 0 spiro atoms. The van der Waals surface area contributed by atoms with Crippen LogP contribution in [0.4, 0.5) is 4.79 Å². The minimum atomic E-state index is -0.393. The number of hydrogen-bond acceptors (Lipinski definition) is 3. The maximum absolute atomic E-state index is 12.0. The summed E-state index contributed by atoms with van der Waals surface area (Å²) in [5.74, 6) is 0.383. The maximum Gasteiger partial charge on any atom is 0.317 e. The Labute approximate surface area is 142 Å². The quantitative estimate of drug-likeness (QED) is 0.814. The van der Waals surface area contributed by atoms with E-state index < -0.39 is 6.10 Å². The van der Waals surface area contributed by atoms with Gasteiger partial charge in [-0.1, -0.05) is 12.1 Å². The van der Waals surface area contributed by atoms with Gasteiger partial charge in [0.2, 0.25) is 0 Å². The van der Waals surface area contributed by atoms with Crippen molar-refractivity contribution in [2.45, 2.75) is 25.4 Å². The molecule has 1 saturated carbocycles. The van der Waals surface area contributed by atoms with Gasteiger partial charge < -0.3 is 15.3 Å². The minimum Gasteiger partial charge on any atom is -0.391 e. The number of aliphatic hydroxyl groups is 1. The predicted molar refractivity (Wildman–Crippen MR) is 92.0 cm³/mol. The number of hydrogen-bond donors (Lipinski definition) is 2. The number of nitrogens with one attached hydrogen (secondary N) is 1. The Kier molecular flexibility index (Phi) is 5.15. The Balaban J connectivity index is 1.41. The molecule has 1 heterocycles. The SMILES string of the molecule is CN(CC(O)C1CC1)C(=O)NCCc1ccc(-n2cccn2)cc1. The van der Waals surface area contributed by atoms with Crippen molar-refractivity contribution in [3.8, 4) is 5.69 Å². The first-order chi connectivity index (χ1) is 11.6. The van der Waals surface area contributed by atoms with Gasteiger partial charge in [-0.25, -0.2) is 9.48 Å². The molecule has 2 N–H and O–H groups in total. The summed E-state index contributed by atoms with van der Waals surface area (Å²) in [6.07, 6.45) is 6.18. The van der Waals surface area contributed by atoms with Crippen LogP contribution in [-0.4, -0.2) is 52.1 Å². The van der Waals surface area contributed by atoms with Crippen LogP contribution in [0.2, 0.25) is 0 Å². The molecule has 128 valence electrons. The highest BCUT2D eigenvalue weighted by Gasteiger charge is 2.31. The lowest BCUT2D eigenvalue weighted by Gasteiger charge is -2.21. The summed E-state index contributed by atoms with van der Waals surface area (Å²) >= 11 is 0. The molecule has 1 fully saturated rings. The van der Waals surface area contributed by atoms with Crippen LogP contribution in [0.3, 0.4) is 0 Å². The van der Waals surface area contributed by atoms with Gasteiger partial charge >= 0.3 is 6.03 Å². The number of aliphatic hydroxyl groups excluding tert-OH is 1. The zero-order valence-electron chi connectivity index (χ0n) is 13.9. The van der Waals surface area contributed by atoms with Gasteiger partial charge in [-0.3, -0.25) is 0 Å². The van der Waals surface area contributed by atoms with Gasteiger partial charge in [-0.15, -0.1) is 0 Å². The van der Waals surface area contributed by atoms with Crippen LogP contribution >= 0.6 is 0 Å². The van der Waals surface area contributed by atoms with Gasteiger partial charge in [-0.05, 0) is 48.9 Å². The Morgan fingerprint density at radius 2 is 2.17 bits per heavy atom. The lowest BCUT2D eigenvalue weighted by molar-refractivity contribution is 0.113. The van der Waals surface area contributed by atoms with E-state index in [1.54, 1.807) is 18.1 Å². The van der Waals surface area contributed by atoms with E-state index in [1.165, 1.54) is 0 Å². The second-order valence-electron chi connectivity index (χ2n) is 6.38. The Morgan fingerprint density at radius 3 is 2.79 bits per heavy atom. The molecular formula is C18H24N4O2. The molecule has 1 aromatic carbocycles. The van der Waals surface area contributed by atoms with E-state index in [1.807, 2.05) is 41.2 Å². The standard InChI is InChI=1S/C18H24N4O2/c1-21(13-17(23)15-5-6-15)18(24)19-11-9-14-3-7-16(8-4-14)22-12-2-10-20-22/h2-4,7-8,10,12,15,17,23H,5-6,9,11,13H2,1H3,(H,19,24). The fourth-order valence-electron chi connectivity index (χ4n) is 2.68. The molecule has 1 aromatic heterocycles. The molecule has 0 radical (unpaired) electrons. The normalized spacial score (nSPS) is 15.1.